The monoisotopic (exact) mass is 453 g/mol. The van der Waals surface area contributed by atoms with Gasteiger partial charge in [0.05, 0.1) is 11.8 Å². The van der Waals surface area contributed by atoms with E-state index in [9.17, 15) is 4.79 Å². The van der Waals surface area contributed by atoms with Crippen molar-refractivity contribution < 1.29 is 14.3 Å². The molecular formula is C23H31N7O3. The van der Waals surface area contributed by atoms with Gasteiger partial charge in [0.2, 0.25) is 11.8 Å². The molecular weight excluding hydrogens is 422 g/mol. The van der Waals surface area contributed by atoms with Crippen LogP contribution in [0.1, 0.15) is 38.3 Å². The molecule has 0 spiro atoms. The highest BCUT2D eigenvalue weighted by atomic mass is 16.5. The van der Waals surface area contributed by atoms with Crippen molar-refractivity contribution in [1.29, 1.82) is 0 Å². The first-order chi connectivity index (χ1) is 16.1. The Bertz CT molecular complexity index is 1140. The summed E-state index contributed by atoms with van der Waals surface area (Å²) in [4.78, 5) is 28.5. The second-order valence-corrected chi connectivity index (χ2v) is 8.83. The molecule has 3 aromatic heterocycles. The third-order valence-electron chi connectivity index (χ3n) is 6.87. The molecule has 2 fully saturated rings. The molecule has 0 atom stereocenters. The van der Waals surface area contributed by atoms with E-state index in [0.717, 1.165) is 55.0 Å². The van der Waals surface area contributed by atoms with Crippen molar-refractivity contribution in [3.05, 3.63) is 18.2 Å². The van der Waals surface area contributed by atoms with Crippen LogP contribution in [0.5, 0.6) is 5.88 Å². The first-order valence-corrected chi connectivity index (χ1v) is 11.8. The van der Waals surface area contributed by atoms with Crippen LogP contribution < -0.4 is 4.74 Å². The maximum Gasteiger partial charge on any atom is 0.245 e. The molecule has 0 aliphatic carbocycles. The molecule has 2 aliphatic rings. The second-order valence-electron chi connectivity index (χ2n) is 8.83. The highest BCUT2D eigenvalue weighted by molar-refractivity contribution is 5.81. The van der Waals surface area contributed by atoms with E-state index in [2.05, 4.69) is 22.0 Å². The Hall–Kier alpha value is -3.01. The van der Waals surface area contributed by atoms with Gasteiger partial charge < -0.3 is 18.9 Å². The Morgan fingerprint density at radius 1 is 1.18 bits per heavy atom. The topological polar surface area (TPSA) is 100 Å². The molecule has 1 amide bonds. The number of rotatable bonds is 5. The molecule has 10 nitrogen and oxygen atoms in total. The largest absolute Gasteiger partial charge is 0.473 e. The Kier molecular flexibility index (Phi) is 6.01. The van der Waals surface area contributed by atoms with Crippen LogP contribution in [-0.4, -0.2) is 72.5 Å². The quantitative estimate of drug-likeness (QED) is 0.585. The second kappa shape index (κ2) is 9.09. The van der Waals surface area contributed by atoms with Gasteiger partial charge in [-0.2, -0.15) is 10.1 Å². The molecule has 0 N–H and O–H groups in total. The number of ether oxygens (including phenoxy) is 2. The minimum atomic E-state index is -0.00290. The van der Waals surface area contributed by atoms with Crippen molar-refractivity contribution in [2.24, 2.45) is 13.0 Å². The van der Waals surface area contributed by atoms with E-state index in [1.54, 1.807) is 0 Å². The minimum Gasteiger partial charge on any atom is -0.473 e. The minimum absolute atomic E-state index is 0.00290. The lowest BCUT2D eigenvalue weighted by Crippen LogP contribution is -2.45. The Morgan fingerprint density at radius 3 is 2.64 bits per heavy atom. The van der Waals surface area contributed by atoms with E-state index >= 15 is 0 Å². The van der Waals surface area contributed by atoms with Crippen molar-refractivity contribution in [1.82, 2.24) is 34.2 Å². The SMILES string of the molecule is CCn1ncc(-c2nc3c(OC4CCN(C(=O)C5CCOCC5)CC4)ncnc3n2C)c1C. The predicted molar refractivity (Wildman–Crippen MR) is 122 cm³/mol. The summed E-state index contributed by atoms with van der Waals surface area (Å²) in [5.41, 5.74) is 3.42. The summed E-state index contributed by atoms with van der Waals surface area (Å²) in [6, 6.07) is 0. The number of aryl methyl sites for hydroxylation is 2. The summed E-state index contributed by atoms with van der Waals surface area (Å²) in [6.45, 7) is 7.70. The zero-order valence-electron chi connectivity index (χ0n) is 19.5. The van der Waals surface area contributed by atoms with Crippen LogP contribution in [-0.2, 0) is 23.1 Å². The van der Waals surface area contributed by atoms with Crippen molar-refractivity contribution >= 4 is 17.1 Å². The number of likely N-dealkylation sites (tertiary alicyclic amines) is 1. The third-order valence-corrected chi connectivity index (χ3v) is 6.87. The molecule has 0 aromatic carbocycles. The molecule has 2 aliphatic heterocycles. The number of carbonyl (C=O) groups is 1. The number of aromatic nitrogens is 6. The van der Waals surface area contributed by atoms with Gasteiger partial charge in [0, 0.05) is 64.3 Å². The van der Waals surface area contributed by atoms with Crippen LogP contribution in [0, 0.1) is 12.8 Å². The molecule has 5 heterocycles. The highest BCUT2D eigenvalue weighted by Gasteiger charge is 2.30. The average molecular weight is 454 g/mol. The third kappa shape index (κ3) is 4.07. The number of amides is 1. The number of imidazole rings is 1. The van der Waals surface area contributed by atoms with E-state index in [1.807, 2.05) is 34.3 Å². The fraction of sp³-hybridized carbons (Fsp3) is 0.609. The van der Waals surface area contributed by atoms with Gasteiger partial charge in [0.15, 0.2) is 11.2 Å². The zero-order chi connectivity index (χ0) is 22.9. The summed E-state index contributed by atoms with van der Waals surface area (Å²) < 4.78 is 15.6. The Morgan fingerprint density at radius 2 is 1.94 bits per heavy atom. The molecule has 10 heteroatoms. The summed E-state index contributed by atoms with van der Waals surface area (Å²) >= 11 is 0. The number of hydrogen-bond acceptors (Lipinski definition) is 7. The van der Waals surface area contributed by atoms with Gasteiger partial charge >= 0.3 is 0 Å². The number of hydrogen-bond donors (Lipinski definition) is 0. The summed E-state index contributed by atoms with van der Waals surface area (Å²) in [5.74, 6) is 1.66. The van der Waals surface area contributed by atoms with Crippen LogP contribution in [0.4, 0.5) is 0 Å². The zero-order valence-corrected chi connectivity index (χ0v) is 19.5. The highest BCUT2D eigenvalue weighted by Crippen LogP contribution is 2.30. The van der Waals surface area contributed by atoms with Crippen LogP contribution in [0.3, 0.4) is 0 Å². The smallest absolute Gasteiger partial charge is 0.245 e. The Balaban J connectivity index is 1.31. The molecule has 2 saturated heterocycles. The lowest BCUT2D eigenvalue weighted by atomic mass is 9.97. The lowest BCUT2D eigenvalue weighted by molar-refractivity contribution is -0.140. The van der Waals surface area contributed by atoms with E-state index in [0.29, 0.717) is 37.7 Å². The number of nitrogens with zero attached hydrogens (tertiary/aromatic N) is 7. The van der Waals surface area contributed by atoms with Gasteiger partial charge in [-0.15, -0.1) is 0 Å². The van der Waals surface area contributed by atoms with Crippen LogP contribution in [0.25, 0.3) is 22.6 Å². The maximum atomic E-state index is 12.8. The van der Waals surface area contributed by atoms with E-state index in [4.69, 9.17) is 14.5 Å². The molecule has 0 bridgehead atoms. The molecule has 5 rings (SSSR count). The molecule has 0 radical (unpaired) electrons. The van der Waals surface area contributed by atoms with E-state index in [1.165, 1.54) is 6.33 Å². The van der Waals surface area contributed by atoms with Crippen LogP contribution >= 0.6 is 0 Å². The summed E-state index contributed by atoms with van der Waals surface area (Å²) in [7, 11) is 1.95. The molecule has 33 heavy (non-hydrogen) atoms. The van der Waals surface area contributed by atoms with Crippen molar-refractivity contribution in [3.63, 3.8) is 0 Å². The standard InChI is InChI=1S/C23H31N7O3/c1-4-30-15(2)18(13-26-30)20-27-19-21(28(20)3)24-14-25-22(19)33-17-5-9-29(10-6-17)23(31)16-7-11-32-12-8-16/h13-14,16-17H,4-12H2,1-3H3. The van der Waals surface area contributed by atoms with E-state index < -0.39 is 0 Å². The van der Waals surface area contributed by atoms with Gasteiger partial charge in [-0.1, -0.05) is 0 Å². The van der Waals surface area contributed by atoms with Gasteiger partial charge in [0.1, 0.15) is 18.3 Å². The van der Waals surface area contributed by atoms with Crippen molar-refractivity contribution in [2.45, 2.75) is 52.2 Å². The van der Waals surface area contributed by atoms with Crippen molar-refractivity contribution in [3.8, 4) is 17.3 Å². The number of carbonyl (C=O) groups excluding carboxylic acids is 1. The molecule has 176 valence electrons. The van der Waals surface area contributed by atoms with Crippen LogP contribution in [0.2, 0.25) is 0 Å². The summed E-state index contributed by atoms with van der Waals surface area (Å²) in [6.07, 6.45) is 6.58. The Labute approximate surface area is 192 Å². The fourth-order valence-corrected chi connectivity index (χ4v) is 4.85. The van der Waals surface area contributed by atoms with E-state index in [-0.39, 0.29) is 17.9 Å². The first kappa shape index (κ1) is 21.8. The van der Waals surface area contributed by atoms with Gasteiger partial charge in [-0.05, 0) is 26.7 Å². The molecule has 0 unspecified atom stereocenters. The van der Waals surface area contributed by atoms with Crippen LogP contribution in [0.15, 0.2) is 12.5 Å². The fourth-order valence-electron chi connectivity index (χ4n) is 4.85. The van der Waals surface area contributed by atoms with Gasteiger partial charge in [-0.3, -0.25) is 9.48 Å². The molecule has 0 saturated carbocycles. The van der Waals surface area contributed by atoms with Crippen molar-refractivity contribution in [2.75, 3.05) is 26.3 Å². The maximum absolute atomic E-state index is 12.8. The summed E-state index contributed by atoms with van der Waals surface area (Å²) in [5, 5.41) is 4.45. The first-order valence-electron chi connectivity index (χ1n) is 11.8. The number of fused-ring (bicyclic) bond motifs is 1. The predicted octanol–water partition coefficient (Wildman–Crippen LogP) is 2.35. The number of piperidine rings is 1. The van der Waals surface area contributed by atoms with Gasteiger partial charge in [0.25, 0.3) is 0 Å². The normalized spacial score (nSPS) is 18.2. The molecule has 3 aromatic rings. The lowest BCUT2D eigenvalue weighted by Gasteiger charge is -2.35. The van der Waals surface area contributed by atoms with Gasteiger partial charge in [-0.25, -0.2) is 9.97 Å². The average Bonchev–Trinajstić information content (AvgIpc) is 3.39.